The zero-order chi connectivity index (χ0) is 13.9. The molecule has 1 unspecified atom stereocenters. The van der Waals surface area contributed by atoms with Gasteiger partial charge in [-0.05, 0) is 36.9 Å². The Morgan fingerprint density at radius 1 is 1.47 bits per heavy atom. The molecule has 1 atom stereocenters. The normalized spacial score (nSPS) is 19.8. The van der Waals surface area contributed by atoms with E-state index in [1.54, 1.807) is 23.9 Å². The molecule has 0 aromatic heterocycles. The SMILES string of the molecule is CNCc1ccc(S(=O)(=O)NC2CCSC2)cc1Cl. The predicted octanol–water partition coefficient (Wildman–Crippen LogP) is 1.84. The number of rotatable bonds is 5. The van der Waals surface area contributed by atoms with Gasteiger partial charge >= 0.3 is 0 Å². The highest BCUT2D eigenvalue weighted by Gasteiger charge is 2.23. The molecule has 0 spiro atoms. The minimum Gasteiger partial charge on any atom is -0.316 e. The number of hydrogen-bond acceptors (Lipinski definition) is 4. The van der Waals surface area contributed by atoms with Crippen LogP contribution in [0.5, 0.6) is 0 Å². The van der Waals surface area contributed by atoms with Crippen LogP contribution in [0.2, 0.25) is 5.02 Å². The van der Waals surface area contributed by atoms with Crippen molar-refractivity contribution in [2.75, 3.05) is 18.6 Å². The molecule has 1 aromatic rings. The number of halogens is 1. The number of nitrogens with one attached hydrogen (secondary N) is 2. The van der Waals surface area contributed by atoms with Gasteiger partial charge in [-0.1, -0.05) is 17.7 Å². The van der Waals surface area contributed by atoms with E-state index in [1.807, 2.05) is 7.05 Å². The van der Waals surface area contributed by atoms with Crippen LogP contribution in [0, 0.1) is 0 Å². The van der Waals surface area contributed by atoms with Gasteiger partial charge in [0.2, 0.25) is 10.0 Å². The third-order valence-corrected chi connectivity index (χ3v) is 5.99. The number of hydrogen-bond donors (Lipinski definition) is 2. The first-order chi connectivity index (χ1) is 9.03. The first-order valence-corrected chi connectivity index (χ1v) is 9.07. The van der Waals surface area contributed by atoms with Gasteiger partial charge in [-0.15, -0.1) is 0 Å². The van der Waals surface area contributed by atoms with Gasteiger partial charge in [-0.3, -0.25) is 0 Å². The lowest BCUT2D eigenvalue weighted by Gasteiger charge is -2.13. The number of sulfonamides is 1. The summed E-state index contributed by atoms with van der Waals surface area (Å²) in [5.74, 6) is 1.85. The Morgan fingerprint density at radius 3 is 2.84 bits per heavy atom. The summed E-state index contributed by atoms with van der Waals surface area (Å²) >= 11 is 7.86. The Morgan fingerprint density at radius 2 is 2.26 bits per heavy atom. The Balaban J connectivity index is 2.17. The Bertz CT molecular complexity index is 543. The summed E-state index contributed by atoms with van der Waals surface area (Å²) in [5.41, 5.74) is 0.888. The van der Waals surface area contributed by atoms with Crippen LogP contribution in [0.1, 0.15) is 12.0 Å². The molecule has 0 radical (unpaired) electrons. The monoisotopic (exact) mass is 320 g/mol. The second kappa shape index (κ2) is 6.45. The molecule has 1 aromatic carbocycles. The van der Waals surface area contributed by atoms with E-state index in [-0.39, 0.29) is 10.9 Å². The van der Waals surface area contributed by atoms with E-state index < -0.39 is 10.0 Å². The molecule has 0 saturated carbocycles. The van der Waals surface area contributed by atoms with E-state index in [4.69, 9.17) is 11.6 Å². The zero-order valence-electron chi connectivity index (χ0n) is 10.6. The third-order valence-electron chi connectivity index (χ3n) is 2.95. The fraction of sp³-hybridized carbons (Fsp3) is 0.500. The van der Waals surface area contributed by atoms with E-state index >= 15 is 0 Å². The molecule has 1 aliphatic heterocycles. The predicted molar refractivity (Wildman–Crippen MR) is 80.3 cm³/mol. The van der Waals surface area contributed by atoms with Crippen molar-refractivity contribution in [2.45, 2.75) is 23.9 Å². The van der Waals surface area contributed by atoms with Crippen molar-refractivity contribution in [1.82, 2.24) is 10.0 Å². The van der Waals surface area contributed by atoms with Gasteiger partial charge in [0.15, 0.2) is 0 Å². The van der Waals surface area contributed by atoms with Crippen LogP contribution in [-0.2, 0) is 16.6 Å². The van der Waals surface area contributed by atoms with Crippen LogP contribution in [-0.4, -0.2) is 33.0 Å². The lowest BCUT2D eigenvalue weighted by molar-refractivity contribution is 0.563. The van der Waals surface area contributed by atoms with Gasteiger partial charge in [0.1, 0.15) is 0 Å². The summed E-state index contributed by atoms with van der Waals surface area (Å²) < 4.78 is 27.2. The van der Waals surface area contributed by atoms with Gasteiger partial charge in [-0.2, -0.15) is 11.8 Å². The Labute approximate surface area is 123 Å². The summed E-state index contributed by atoms with van der Waals surface area (Å²) in [5, 5.41) is 3.46. The van der Waals surface area contributed by atoms with E-state index in [0.717, 1.165) is 23.5 Å². The van der Waals surface area contributed by atoms with E-state index in [1.165, 1.54) is 6.07 Å². The van der Waals surface area contributed by atoms with Gasteiger partial charge in [0.05, 0.1) is 4.90 Å². The minimum absolute atomic E-state index is 0.0331. The summed E-state index contributed by atoms with van der Waals surface area (Å²) in [6, 6.07) is 4.89. The van der Waals surface area contributed by atoms with Crippen molar-refractivity contribution in [3.63, 3.8) is 0 Å². The van der Waals surface area contributed by atoms with Crippen LogP contribution in [0.4, 0.5) is 0 Å². The van der Waals surface area contributed by atoms with Crippen molar-refractivity contribution >= 4 is 33.4 Å². The van der Waals surface area contributed by atoms with Crippen LogP contribution < -0.4 is 10.0 Å². The lowest BCUT2D eigenvalue weighted by Crippen LogP contribution is -2.34. The molecular formula is C12H17ClN2O2S2. The average molecular weight is 321 g/mol. The molecule has 4 nitrogen and oxygen atoms in total. The van der Waals surface area contributed by atoms with Crippen molar-refractivity contribution in [3.8, 4) is 0 Å². The molecule has 0 bridgehead atoms. The topological polar surface area (TPSA) is 58.2 Å². The van der Waals surface area contributed by atoms with E-state index in [2.05, 4.69) is 10.0 Å². The summed E-state index contributed by atoms with van der Waals surface area (Å²) in [4.78, 5) is 0.231. The first kappa shape index (κ1) is 15.1. The second-order valence-electron chi connectivity index (χ2n) is 4.47. The molecule has 1 saturated heterocycles. The molecule has 106 valence electrons. The smallest absolute Gasteiger partial charge is 0.240 e. The molecule has 1 aliphatic rings. The van der Waals surface area contributed by atoms with E-state index in [9.17, 15) is 8.42 Å². The molecule has 2 N–H and O–H groups in total. The number of thioether (sulfide) groups is 1. The maximum absolute atomic E-state index is 12.2. The molecular weight excluding hydrogens is 304 g/mol. The van der Waals surface area contributed by atoms with Gasteiger partial charge in [-0.25, -0.2) is 13.1 Å². The molecule has 0 amide bonds. The van der Waals surface area contributed by atoms with Gasteiger partial charge < -0.3 is 5.32 Å². The summed E-state index contributed by atoms with van der Waals surface area (Å²) in [6.45, 7) is 0.617. The highest BCUT2D eigenvalue weighted by molar-refractivity contribution is 7.99. The molecule has 2 rings (SSSR count). The van der Waals surface area contributed by atoms with Crippen molar-refractivity contribution in [1.29, 1.82) is 0 Å². The summed E-state index contributed by atoms with van der Waals surface area (Å²) in [7, 11) is -1.65. The largest absolute Gasteiger partial charge is 0.316 e. The average Bonchev–Trinajstić information content (AvgIpc) is 2.84. The quantitative estimate of drug-likeness (QED) is 0.869. The summed E-state index contributed by atoms with van der Waals surface area (Å²) in [6.07, 6.45) is 0.884. The van der Waals surface area contributed by atoms with Crippen LogP contribution in [0.15, 0.2) is 23.1 Å². The standard InChI is InChI=1S/C12H17ClN2O2S2/c1-14-7-9-2-3-11(6-12(9)13)19(16,17)15-10-4-5-18-8-10/h2-3,6,10,14-15H,4-5,7-8H2,1H3. The second-order valence-corrected chi connectivity index (χ2v) is 7.74. The maximum Gasteiger partial charge on any atom is 0.240 e. The van der Waals surface area contributed by atoms with Crippen LogP contribution >= 0.6 is 23.4 Å². The highest BCUT2D eigenvalue weighted by atomic mass is 35.5. The molecule has 19 heavy (non-hydrogen) atoms. The van der Waals surface area contributed by atoms with Crippen molar-refractivity contribution < 1.29 is 8.42 Å². The van der Waals surface area contributed by atoms with Gasteiger partial charge in [0.25, 0.3) is 0 Å². The van der Waals surface area contributed by atoms with Crippen LogP contribution in [0.3, 0.4) is 0 Å². The van der Waals surface area contributed by atoms with E-state index in [0.29, 0.717) is 11.6 Å². The van der Waals surface area contributed by atoms with Gasteiger partial charge in [0, 0.05) is 23.4 Å². The fourth-order valence-electron chi connectivity index (χ4n) is 1.94. The maximum atomic E-state index is 12.2. The Hall–Kier alpha value is -0.270. The molecule has 0 aliphatic carbocycles. The lowest BCUT2D eigenvalue weighted by atomic mass is 10.2. The highest BCUT2D eigenvalue weighted by Crippen LogP contribution is 2.23. The fourth-order valence-corrected chi connectivity index (χ4v) is 4.81. The molecule has 1 fully saturated rings. The Kier molecular flexibility index (Phi) is 5.14. The van der Waals surface area contributed by atoms with Crippen molar-refractivity contribution in [2.24, 2.45) is 0 Å². The first-order valence-electron chi connectivity index (χ1n) is 6.06. The van der Waals surface area contributed by atoms with Crippen molar-refractivity contribution in [3.05, 3.63) is 28.8 Å². The zero-order valence-corrected chi connectivity index (χ0v) is 13.0. The minimum atomic E-state index is -3.47. The number of benzene rings is 1. The molecule has 7 heteroatoms. The third kappa shape index (κ3) is 3.86. The molecule has 1 heterocycles. The van der Waals surface area contributed by atoms with Crippen LogP contribution in [0.25, 0.3) is 0 Å².